The summed E-state index contributed by atoms with van der Waals surface area (Å²) in [5, 5.41) is 6.08. The Morgan fingerprint density at radius 2 is 1.96 bits per heavy atom. The Labute approximate surface area is 176 Å². The molecule has 5 nitrogen and oxygen atoms in total. The minimum absolute atomic E-state index is 0.0527. The Kier molecular flexibility index (Phi) is 6.34. The number of hydrogen-bond acceptors (Lipinski definition) is 5. The summed E-state index contributed by atoms with van der Waals surface area (Å²) in [7, 11) is 1.52. The number of Topliss-reactive ketones (excluding diaryl/α,β-unsaturated/α-hetero) is 1. The van der Waals surface area contributed by atoms with Gasteiger partial charge in [0.15, 0.2) is 10.9 Å². The van der Waals surface area contributed by atoms with Crippen molar-refractivity contribution < 1.29 is 14.3 Å². The Morgan fingerprint density at radius 3 is 2.68 bits per heavy atom. The Balaban J connectivity index is 1.76. The number of thiazole rings is 1. The van der Waals surface area contributed by atoms with Gasteiger partial charge < -0.3 is 10.1 Å². The molecule has 28 heavy (non-hydrogen) atoms. The summed E-state index contributed by atoms with van der Waals surface area (Å²) in [4.78, 5) is 28.5. The van der Waals surface area contributed by atoms with E-state index in [0.717, 1.165) is 0 Å². The van der Waals surface area contributed by atoms with Crippen LogP contribution in [0.2, 0.25) is 10.0 Å². The number of anilines is 1. The van der Waals surface area contributed by atoms with E-state index >= 15 is 0 Å². The monoisotopic (exact) mass is 434 g/mol. The number of carbonyl (C=O) groups is 2. The molecule has 144 valence electrons. The first-order valence-corrected chi connectivity index (χ1v) is 9.89. The fourth-order valence-corrected chi connectivity index (χ4v) is 3.73. The molecule has 0 fully saturated rings. The standard InChI is InChI=1S/C20H16Cl2N2O3S/c1-11(25)12-3-6-18(27-2)13(7-12)8-19(26)24-20-23-17(10-28-20)15-9-14(21)4-5-16(15)22/h3-7,9-10H,8H2,1-2H3,(H,23,24,26). The molecule has 0 aliphatic heterocycles. The van der Waals surface area contributed by atoms with E-state index in [1.54, 1.807) is 41.8 Å². The SMILES string of the molecule is COc1ccc(C(C)=O)cc1CC(=O)Nc1nc(-c2cc(Cl)ccc2Cl)cs1. The van der Waals surface area contributed by atoms with E-state index in [9.17, 15) is 9.59 Å². The number of hydrogen-bond donors (Lipinski definition) is 1. The number of benzene rings is 2. The molecular formula is C20H16Cl2N2O3S. The molecule has 0 bridgehead atoms. The van der Waals surface area contributed by atoms with Crippen molar-refractivity contribution >= 4 is 51.4 Å². The van der Waals surface area contributed by atoms with E-state index in [-0.39, 0.29) is 18.1 Å². The lowest BCUT2D eigenvalue weighted by Gasteiger charge is -2.09. The van der Waals surface area contributed by atoms with Crippen LogP contribution in [0.5, 0.6) is 5.75 Å². The second-order valence-electron chi connectivity index (χ2n) is 5.97. The summed E-state index contributed by atoms with van der Waals surface area (Å²) >= 11 is 13.5. The number of rotatable bonds is 6. The van der Waals surface area contributed by atoms with Crippen LogP contribution in [0.15, 0.2) is 41.8 Å². The molecule has 1 N–H and O–H groups in total. The maximum atomic E-state index is 12.5. The lowest BCUT2D eigenvalue weighted by Crippen LogP contribution is -2.15. The van der Waals surface area contributed by atoms with Gasteiger partial charge in [0.25, 0.3) is 0 Å². The molecule has 2 aromatic carbocycles. The maximum Gasteiger partial charge on any atom is 0.230 e. The molecule has 0 radical (unpaired) electrons. The van der Waals surface area contributed by atoms with E-state index in [1.165, 1.54) is 25.4 Å². The summed E-state index contributed by atoms with van der Waals surface area (Å²) in [6.45, 7) is 1.48. The van der Waals surface area contributed by atoms with Crippen LogP contribution in [0.4, 0.5) is 5.13 Å². The Bertz CT molecular complexity index is 1050. The van der Waals surface area contributed by atoms with Gasteiger partial charge in [0.2, 0.25) is 5.91 Å². The highest BCUT2D eigenvalue weighted by molar-refractivity contribution is 7.14. The number of nitrogens with one attached hydrogen (secondary N) is 1. The molecule has 0 unspecified atom stereocenters. The number of nitrogens with zero attached hydrogens (tertiary/aromatic N) is 1. The predicted octanol–water partition coefficient (Wildman–Crippen LogP) is 5.51. The first kappa shape index (κ1) is 20.3. The van der Waals surface area contributed by atoms with Gasteiger partial charge >= 0.3 is 0 Å². The van der Waals surface area contributed by atoms with E-state index < -0.39 is 0 Å². The number of aromatic nitrogens is 1. The molecule has 1 amide bonds. The van der Waals surface area contributed by atoms with Crippen LogP contribution in [0.3, 0.4) is 0 Å². The summed E-state index contributed by atoms with van der Waals surface area (Å²) in [6.07, 6.45) is 0.0527. The summed E-state index contributed by atoms with van der Waals surface area (Å²) in [5.74, 6) is 0.204. The third-order valence-electron chi connectivity index (χ3n) is 3.99. The van der Waals surface area contributed by atoms with Crippen LogP contribution in [0.1, 0.15) is 22.8 Å². The third-order valence-corrected chi connectivity index (χ3v) is 5.32. The van der Waals surface area contributed by atoms with Crippen LogP contribution in [0.25, 0.3) is 11.3 Å². The van der Waals surface area contributed by atoms with Crippen LogP contribution < -0.4 is 10.1 Å². The van der Waals surface area contributed by atoms with Crippen molar-refractivity contribution in [3.8, 4) is 17.0 Å². The highest BCUT2D eigenvalue weighted by Crippen LogP contribution is 2.32. The largest absolute Gasteiger partial charge is 0.496 e. The second-order valence-corrected chi connectivity index (χ2v) is 7.67. The van der Waals surface area contributed by atoms with Gasteiger partial charge in [-0.1, -0.05) is 23.2 Å². The predicted molar refractivity (Wildman–Crippen MR) is 113 cm³/mol. The molecule has 1 aromatic heterocycles. The molecule has 0 aliphatic carbocycles. The smallest absolute Gasteiger partial charge is 0.230 e. The molecule has 8 heteroatoms. The van der Waals surface area contributed by atoms with Gasteiger partial charge in [-0.15, -0.1) is 11.3 Å². The van der Waals surface area contributed by atoms with Crippen LogP contribution in [-0.4, -0.2) is 23.8 Å². The highest BCUT2D eigenvalue weighted by Gasteiger charge is 2.14. The Morgan fingerprint density at radius 1 is 1.18 bits per heavy atom. The van der Waals surface area contributed by atoms with E-state index in [0.29, 0.717) is 43.3 Å². The quantitative estimate of drug-likeness (QED) is 0.519. The molecule has 0 aliphatic rings. The van der Waals surface area contributed by atoms with Crippen molar-refractivity contribution in [3.05, 3.63) is 63.0 Å². The van der Waals surface area contributed by atoms with Crippen molar-refractivity contribution in [1.29, 1.82) is 0 Å². The summed E-state index contributed by atoms with van der Waals surface area (Å²) in [5.41, 5.74) is 2.48. The average molecular weight is 435 g/mol. The number of methoxy groups -OCH3 is 1. The van der Waals surface area contributed by atoms with Crippen molar-refractivity contribution in [2.75, 3.05) is 12.4 Å². The summed E-state index contributed by atoms with van der Waals surface area (Å²) in [6, 6.07) is 10.1. The average Bonchev–Trinajstić information content (AvgIpc) is 3.11. The minimum Gasteiger partial charge on any atom is -0.496 e. The van der Waals surface area contributed by atoms with Crippen LogP contribution >= 0.6 is 34.5 Å². The van der Waals surface area contributed by atoms with Gasteiger partial charge in [-0.05, 0) is 43.3 Å². The van der Waals surface area contributed by atoms with E-state index in [4.69, 9.17) is 27.9 Å². The van der Waals surface area contributed by atoms with Gasteiger partial charge in [-0.25, -0.2) is 4.98 Å². The van der Waals surface area contributed by atoms with Gasteiger partial charge in [0.05, 0.1) is 24.2 Å². The van der Waals surface area contributed by atoms with E-state index in [2.05, 4.69) is 10.3 Å². The zero-order valence-corrected chi connectivity index (χ0v) is 17.4. The minimum atomic E-state index is -0.267. The fraction of sp³-hybridized carbons (Fsp3) is 0.150. The van der Waals surface area contributed by atoms with Crippen LogP contribution in [0, 0.1) is 0 Å². The number of amides is 1. The number of ether oxygens (including phenoxy) is 1. The van der Waals surface area contributed by atoms with Crippen molar-refractivity contribution in [2.24, 2.45) is 0 Å². The van der Waals surface area contributed by atoms with Gasteiger partial charge in [-0.2, -0.15) is 0 Å². The van der Waals surface area contributed by atoms with Crippen LogP contribution in [-0.2, 0) is 11.2 Å². The lowest BCUT2D eigenvalue weighted by molar-refractivity contribution is -0.115. The van der Waals surface area contributed by atoms with Crippen molar-refractivity contribution in [2.45, 2.75) is 13.3 Å². The molecule has 0 saturated heterocycles. The van der Waals surface area contributed by atoms with E-state index in [1.807, 2.05) is 0 Å². The van der Waals surface area contributed by atoms with Gasteiger partial charge in [0, 0.05) is 27.1 Å². The van der Waals surface area contributed by atoms with Gasteiger partial charge in [-0.3, -0.25) is 9.59 Å². The van der Waals surface area contributed by atoms with Crippen molar-refractivity contribution in [1.82, 2.24) is 4.98 Å². The topological polar surface area (TPSA) is 68.3 Å². The fourth-order valence-electron chi connectivity index (χ4n) is 2.62. The summed E-state index contributed by atoms with van der Waals surface area (Å²) < 4.78 is 5.29. The number of ketones is 1. The highest BCUT2D eigenvalue weighted by atomic mass is 35.5. The maximum absolute atomic E-state index is 12.5. The molecular weight excluding hydrogens is 419 g/mol. The normalized spacial score (nSPS) is 10.6. The molecule has 1 heterocycles. The molecule has 0 atom stereocenters. The molecule has 0 saturated carbocycles. The first-order chi connectivity index (χ1) is 13.4. The second kappa shape index (κ2) is 8.73. The molecule has 3 rings (SSSR count). The molecule has 3 aromatic rings. The third kappa shape index (κ3) is 4.70. The number of halogens is 2. The number of carbonyl (C=O) groups excluding carboxylic acids is 2. The van der Waals surface area contributed by atoms with Gasteiger partial charge in [0.1, 0.15) is 5.75 Å². The van der Waals surface area contributed by atoms with Crippen molar-refractivity contribution in [3.63, 3.8) is 0 Å². The zero-order valence-electron chi connectivity index (χ0n) is 15.1. The zero-order chi connectivity index (χ0) is 20.3. The Hall–Kier alpha value is -2.41. The first-order valence-electron chi connectivity index (χ1n) is 8.26. The lowest BCUT2D eigenvalue weighted by atomic mass is 10.0. The molecule has 0 spiro atoms.